The number of likely N-dealkylation sites (tertiary alicyclic amines) is 1. The average Bonchev–Trinajstić information content (AvgIpc) is 3.23. The van der Waals surface area contributed by atoms with Crippen LogP contribution in [0.25, 0.3) is 10.9 Å². The predicted octanol–water partition coefficient (Wildman–Crippen LogP) is 4.88. The van der Waals surface area contributed by atoms with Crippen LogP contribution in [0.15, 0.2) is 66.9 Å². The van der Waals surface area contributed by atoms with Crippen LogP contribution in [0.1, 0.15) is 51.6 Å². The van der Waals surface area contributed by atoms with E-state index in [4.69, 9.17) is 4.98 Å². The fraction of sp³-hybridized carbons (Fsp3) is 0.269. The van der Waals surface area contributed by atoms with Crippen LogP contribution in [0.2, 0.25) is 0 Å². The number of amides is 1. The number of nitrogens with one attached hydrogen (secondary N) is 1. The number of fused-ring (bicyclic) bond motifs is 1. The van der Waals surface area contributed by atoms with Crippen molar-refractivity contribution in [3.63, 3.8) is 0 Å². The van der Waals surface area contributed by atoms with Crippen molar-refractivity contribution in [1.82, 2.24) is 20.1 Å². The lowest BCUT2D eigenvalue weighted by Crippen LogP contribution is -2.39. The molecule has 1 N–H and O–H groups in total. The van der Waals surface area contributed by atoms with Crippen LogP contribution < -0.4 is 0 Å². The summed E-state index contributed by atoms with van der Waals surface area (Å²) in [6, 6.07) is 20.8. The number of piperidine rings is 1. The number of hydrogen-bond acceptors (Lipinski definition) is 3. The van der Waals surface area contributed by atoms with Crippen LogP contribution in [0.4, 0.5) is 0 Å². The van der Waals surface area contributed by atoms with Gasteiger partial charge in [0.1, 0.15) is 0 Å². The van der Waals surface area contributed by atoms with E-state index in [1.54, 1.807) is 0 Å². The number of benzene rings is 2. The maximum atomic E-state index is 13.2. The van der Waals surface area contributed by atoms with E-state index < -0.39 is 0 Å². The molecule has 1 fully saturated rings. The fourth-order valence-corrected chi connectivity index (χ4v) is 4.46. The van der Waals surface area contributed by atoms with Gasteiger partial charge < -0.3 is 4.90 Å². The second-order valence-electron chi connectivity index (χ2n) is 8.47. The van der Waals surface area contributed by atoms with Crippen LogP contribution in [0, 0.1) is 6.92 Å². The predicted molar refractivity (Wildman–Crippen MR) is 122 cm³/mol. The Labute approximate surface area is 182 Å². The molecule has 4 aromatic rings. The van der Waals surface area contributed by atoms with E-state index in [0.717, 1.165) is 48.0 Å². The number of aromatic amines is 1. The zero-order valence-corrected chi connectivity index (χ0v) is 17.7. The molecule has 1 amide bonds. The van der Waals surface area contributed by atoms with Gasteiger partial charge in [-0.15, -0.1) is 0 Å². The van der Waals surface area contributed by atoms with Crippen molar-refractivity contribution < 1.29 is 4.79 Å². The fourth-order valence-electron chi connectivity index (χ4n) is 4.46. The molecule has 5 heteroatoms. The summed E-state index contributed by atoms with van der Waals surface area (Å²) in [5, 5.41) is 8.22. The number of nitrogens with zero attached hydrogens (tertiary/aromatic N) is 3. The van der Waals surface area contributed by atoms with Crippen molar-refractivity contribution in [2.45, 2.75) is 32.1 Å². The Morgan fingerprint density at radius 1 is 1.10 bits per heavy atom. The Hall–Kier alpha value is -3.47. The SMILES string of the molecule is Cc1ccc2[nH]nc(C(=O)N3CCC[C@@H](c4ccc(Cc5ccccc5)cn4)C3)c2c1. The molecular formula is C26H26N4O. The molecule has 0 aliphatic carbocycles. The second kappa shape index (κ2) is 8.34. The van der Waals surface area contributed by atoms with Gasteiger partial charge in [0.15, 0.2) is 5.69 Å². The number of rotatable bonds is 4. The molecule has 1 aliphatic rings. The molecule has 5 rings (SSSR count). The molecule has 156 valence electrons. The molecule has 0 saturated carbocycles. The molecule has 0 bridgehead atoms. The van der Waals surface area contributed by atoms with Crippen molar-refractivity contribution in [2.75, 3.05) is 13.1 Å². The van der Waals surface area contributed by atoms with Gasteiger partial charge >= 0.3 is 0 Å². The number of carbonyl (C=O) groups is 1. The second-order valence-corrected chi connectivity index (χ2v) is 8.47. The Morgan fingerprint density at radius 2 is 1.97 bits per heavy atom. The van der Waals surface area contributed by atoms with Crippen molar-refractivity contribution >= 4 is 16.8 Å². The maximum absolute atomic E-state index is 13.2. The third-order valence-electron chi connectivity index (χ3n) is 6.15. The summed E-state index contributed by atoms with van der Waals surface area (Å²) in [5.74, 6) is 0.262. The summed E-state index contributed by atoms with van der Waals surface area (Å²) < 4.78 is 0. The minimum atomic E-state index is 0.00208. The highest BCUT2D eigenvalue weighted by molar-refractivity contribution is 6.04. The largest absolute Gasteiger partial charge is 0.337 e. The third kappa shape index (κ3) is 4.08. The average molecular weight is 411 g/mol. The highest BCUT2D eigenvalue weighted by Crippen LogP contribution is 2.28. The van der Waals surface area contributed by atoms with Gasteiger partial charge in [0.25, 0.3) is 5.91 Å². The van der Waals surface area contributed by atoms with E-state index in [2.05, 4.69) is 46.6 Å². The van der Waals surface area contributed by atoms with Crippen LogP contribution >= 0.6 is 0 Å². The van der Waals surface area contributed by atoms with E-state index in [-0.39, 0.29) is 11.8 Å². The summed E-state index contributed by atoms with van der Waals surface area (Å²) in [5.41, 5.74) is 6.10. The molecule has 0 spiro atoms. The minimum absolute atomic E-state index is 0.00208. The molecule has 2 aromatic heterocycles. The monoisotopic (exact) mass is 410 g/mol. The van der Waals surface area contributed by atoms with Gasteiger partial charge in [-0.25, -0.2) is 0 Å². The Kier molecular flexibility index (Phi) is 5.24. The number of pyridine rings is 1. The topological polar surface area (TPSA) is 61.9 Å². The van der Waals surface area contributed by atoms with Gasteiger partial charge in [-0.3, -0.25) is 14.9 Å². The van der Waals surface area contributed by atoms with Gasteiger partial charge in [0, 0.05) is 36.3 Å². The van der Waals surface area contributed by atoms with E-state index in [1.807, 2.05) is 42.3 Å². The standard InChI is InChI=1S/C26H26N4O/c1-18-9-11-24-22(14-18)25(29-28-24)26(31)30-13-5-8-21(17-30)23-12-10-20(16-27-23)15-19-6-3-2-4-7-19/h2-4,6-7,9-12,14,16,21H,5,8,13,15,17H2,1H3,(H,28,29)/t21-/m1/s1. The van der Waals surface area contributed by atoms with Gasteiger partial charge in [-0.05, 0) is 55.5 Å². The summed E-state index contributed by atoms with van der Waals surface area (Å²) in [7, 11) is 0. The van der Waals surface area contributed by atoms with E-state index in [0.29, 0.717) is 12.2 Å². The van der Waals surface area contributed by atoms with Gasteiger partial charge in [-0.2, -0.15) is 5.10 Å². The van der Waals surface area contributed by atoms with Crippen molar-refractivity contribution in [1.29, 1.82) is 0 Å². The molecule has 1 aliphatic heterocycles. The number of carbonyl (C=O) groups excluding carboxylic acids is 1. The first-order chi connectivity index (χ1) is 15.2. The first-order valence-corrected chi connectivity index (χ1v) is 10.9. The van der Waals surface area contributed by atoms with Crippen LogP contribution in [0.3, 0.4) is 0 Å². The van der Waals surface area contributed by atoms with E-state index in [1.165, 1.54) is 11.1 Å². The Bertz CT molecular complexity index is 1200. The van der Waals surface area contributed by atoms with Crippen molar-refractivity contribution in [3.05, 3.63) is 94.9 Å². The Balaban J connectivity index is 1.30. The molecular weight excluding hydrogens is 384 g/mol. The third-order valence-corrected chi connectivity index (χ3v) is 6.15. The molecule has 2 aromatic carbocycles. The first-order valence-electron chi connectivity index (χ1n) is 10.9. The van der Waals surface area contributed by atoms with Crippen LogP contribution in [-0.2, 0) is 6.42 Å². The zero-order chi connectivity index (χ0) is 21.2. The smallest absolute Gasteiger partial charge is 0.275 e. The normalized spacial score (nSPS) is 16.5. The first kappa shape index (κ1) is 19.5. The summed E-state index contributed by atoms with van der Waals surface area (Å²) in [4.78, 5) is 19.9. The summed E-state index contributed by atoms with van der Waals surface area (Å²) >= 11 is 0. The van der Waals surface area contributed by atoms with E-state index in [9.17, 15) is 4.79 Å². The zero-order valence-electron chi connectivity index (χ0n) is 17.7. The summed E-state index contributed by atoms with van der Waals surface area (Å²) in [6.07, 6.45) is 4.89. The number of hydrogen-bond donors (Lipinski definition) is 1. The summed E-state index contributed by atoms with van der Waals surface area (Å²) in [6.45, 7) is 3.48. The quantitative estimate of drug-likeness (QED) is 0.522. The highest BCUT2D eigenvalue weighted by Gasteiger charge is 2.28. The molecule has 31 heavy (non-hydrogen) atoms. The number of aromatic nitrogens is 3. The maximum Gasteiger partial charge on any atom is 0.275 e. The lowest BCUT2D eigenvalue weighted by Gasteiger charge is -2.32. The molecule has 1 atom stereocenters. The minimum Gasteiger partial charge on any atom is -0.337 e. The molecule has 0 unspecified atom stereocenters. The molecule has 0 radical (unpaired) electrons. The number of H-pyrrole nitrogens is 1. The number of aryl methyl sites for hydroxylation is 1. The van der Waals surface area contributed by atoms with Crippen LogP contribution in [-0.4, -0.2) is 39.1 Å². The molecule has 5 nitrogen and oxygen atoms in total. The molecule has 1 saturated heterocycles. The van der Waals surface area contributed by atoms with Crippen molar-refractivity contribution in [2.24, 2.45) is 0 Å². The van der Waals surface area contributed by atoms with Crippen LogP contribution in [0.5, 0.6) is 0 Å². The van der Waals surface area contributed by atoms with E-state index >= 15 is 0 Å². The van der Waals surface area contributed by atoms with Gasteiger partial charge in [0.05, 0.1) is 5.52 Å². The molecule has 3 heterocycles. The lowest BCUT2D eigenvalue weighted by molar-refractivity contribution is 0.0702. The van der Waals surface area contributed by atoms with Crippen molar-refractivity contribution in [3.8, 4) is 0 Å². The Morgan fingerprint density at radius 3 is 2.77 bits per heavy atom. The highest BCUT2D eigenvalue weighted by atomic mass is 16.2. The van der Waals surface area contributed by atoms with Gasteiger partial charge in [-0.1, -0.05) is 48.0 Å². The van der Waals surface area contributed by atoms with Gasteiger partial charge in [0.2, 0.25) is 0 Å². The lowest BCUT2D eigenvalue weighted by atomic mass is 9.93.